The summed E-state index contributed by atoms with van der Waals surface area (Å²) >= 11 is 1.74. The van der Waals surface area contributed by atoms with Crippen LogP contribution in [0.2, 0.25) is 0 Å². The minimum absolute atomic E-state index is 0.0269. The zero-order valence-corrected chi connectivity index (χ0v) is 13.9. The second-order valence-corrected chi connectivity index (χ2v) is 7.43. The maximum atomic E-state index is 12.4. The summed E-state index contributed by atoms with van der Waals surface area (Å²) < 4.78 is 0. The molecular weight excluding hydrogens is 296 g/mol. The van der Waals surface area contributed by atoms with Crippen LogP contribution in [0.3, 0.4) is 0 Å². The molecule has 22 heavy (non-hydrogen) atoms. The van der Waals surface area contributed by atoms with Crippen molar-refractivity contribution < 1.29 is 9.59 Å². The summed E-state index contributed by atoms with van der Waals surface area (Å²) in [6.45, 7) is 4.51. The first-order valence-electron chi connectivity index (χ1n) is 7.90. The maximum absolute atomic E-state index is 12.4. The minimum Gasteiger partial charge on any atom is -0.349 e. The fourth-order valence-corrected chi connectivity index (χ4v) is 4.27. The van der Waals surface area contributed by atoms with Gasteiger partial charge in [0.2, 0.25) is 5.91 Å². The summed E-state index contributed by atoms with van der Waals surface area (Å²) in [4.78, 5) is 27.1. The molecule has 4 nitrogen and oxygen atoms in total. The fourth-order valence-electron chi connectivity index (χ4n) is 3.29. The van der Waals surface area contributed by atoms with Gasteiger partial charge in [-0.3, -0.25) is 9.59 Å². The molecule has 1 heterocycles. The summed E-state index contributed by atoms with van der Waals surface area (Å²) in [7, 11) is 0. The lowest BCUT2D eigenvalue weighted by Crippen LogP contribution is -2.35. The Bertz CT molecular complexity index is 602. The van der Waals surface area contributed by atoms with Crippen molar-refractivity contribution in [1.29, 1.82) is 0 Å². The average molecular weight is 318 g/mol. The van der Waals surface area contributed by atoms with Gasteiger partial charge in [0.15, 0.2) is 0 Å². The van der Waals surface area contributed by atoms with Crippen molar-refractivity contribution in [2.75, 3.05) is 17.2 Å². The van der Waals surface area contributed by atoms with E-state index in [1.54, 1.807) is 23.6 Å². The predicted molar refractivity (Wildman–Crippen MR) is 89.5 cm³/mol. The number of fused-ring (bicyclic) bond motifs is 1. The molecule has 1 fully saturated rings. The molecule has 0 radical (unpaired) electrons. The molecule has 1 N–H and O–H groups in total. The lowest BCUT2D eigenvalue weighted by atomic mass is 10.1. The zero-order chi connectivity index (χ0) is 15.7. The number of hydrogen-bond acceptors (Lipinski definition) is 3. The molecule has 2 aliphatic rings. The van der Waals surface area contributed by atoms with Gasteiger partial charge in [-0.15, -0.1) is 11.8 Å². The normalized spacial score (nSPS) is 24.0. The molecule has 5 heteroatoms. The topological polar surface area (TPSA) is 49.4 Å². The monoisotopic (exact) mass is 318 g/mol. The van der Waals surface area contributed by atoms with Crippen molar-refractivity contribution in [3.8, 4) is 0 Å². The van der Waals surface area contributed by atoms with E-state index >= 15 is 0 Å². The van der Waals surface area contributed by atoms with Gasteiger partial charge >= 0.3 is 0 Å². The molecule has 1 aromatic carbocycles. The van der Waals surface area contributed by atoms with Gasteiger partial charge in [0, 0.05) is 35.7 Å². The second kappa shape index (κ2) is 6.32. The Kier molecular flexibility index (Phi) is 4.43. The Balaban J connectivity index is 1.78. The minimum atomic E-state index is -0.0269. The van der Waals surface area contributed by atoms with E-state index in [1.165, 1.54) is 6.42 Å². The van der Waals surface area contributed by atoms with Crippen LogP contribution < -0.4 is 10.2 Å². The highest BCUT2D eigenvalue weighted by atomic mass is 32.2. The van der Waals surface area contributed by atoms with Gasteiger partial charge in [0.1, 0.15) is 0 Å². The molecule has 1 aliphatic carbocycles. The molecule has 0 aromatic heterocycles. The van der Waals surface area contributed by atoms with Crippen molar-refractivity contribution in [2.24, 2.45) is 5.92 Å². The first-order chi connectivity index (χ1) is 10.5. The Labute approximate surface area is 135 Å². The van der Waals surface area contributed by atoms with Gasteiger partial charge in [0.25, 0.3) is 5.91 Å². The molecule has 118 valence electrons. The van der Waals surface area contributed by atoms with E-state index in [-0.39, 0.29) is 17.9 Å². The van der Waals surface area contributed by atoms with E-state index < -0.39 is 0 Å². The number of amides is 2. The van der Waals surface area contributed by atoms with Gasteiger partial charge in [-0.05, 0) is 43.4 Å². The number of carbonyl (C=O) groups is 2. The van der Waals surface area contributed by atoms with Crippen LogP contribution in [0.25, 0.3) is 0 Å². The van der Waals surface area contributed by atoms with Gasteiger partial charge in [0.05, 0.1) is 5.69 Å². The van der Waals surface area contributed by atoms with E-state index in [4.69, 9.17) is 0 Å². The third-order valence-electron chi connectivity index (χ3n) is 4.49. The lowest BCUT2D eigenvalue weighted by Gasteiger charge is -2.28. The van der Waals surface area contributed by atoms with Crippen LogP contribution in [0.5, 0.6) is 0 Å². The molecule has 0 saturated heterocycles. The van der Waals surface area contributed by atoms with Gasteiger partial charge < -0.3 is 10.2 Å². The van der Waals surface area contributed by atoms with E-state index in [0.717, 1.165) is 29.2 Å². The molecule has 1 aliphatic heterocycles. The summed E-state index contributed by atoms with van der Waals surface area (Å²) in [5.41, 5.74) is 1.52. The van der Waals surface area contributed by atoms with E-state index in [9.17, 15) is 9.59 Å². The van der Waals surface area contributed by atoms with Crippen LogP contribution in [-0.4, -0.2) is 30.2 Å². The quantitative estimate of drug-likeness (QED) is 0.912. The number of hydrogen-bond donors (Lipinski definition) is 1. The largest absolute Gasteiger partial charge is 0.349 e. The van der Waals surface area contributed by atoms with Crippen LogP contribution in [0.4, 0.5) is 5.69 Å². The SMILES string of the molecule is CC(=O)N1CCSc2ccc(C(=O)NC3CCC(C)C3)cc21. The third-order valence-corrected chi connectivity index (χ3v) is 5.54. The van der Waals surface area contributed by atoms with E-state index in [2.05, 4.69) is 12.2 Å². The molecule has 2 unspecified atom stereocenters. The molecule has 2 amide bonds. The highest BCUT2D eigenvalue weighted by molar-refractivity contribution is 7.99. The first-order valence-corrected chi connectivity index (χ1v) is 8.89. The van der Waals surface area contributed by atoms with Gasteiger partial charge in [-0.25, -0.2) is 0 Å². The number of nitrogens with one attached hydrogen (secondary N) is 1. The summed E-state index contributed by atoms with van der Waals surface area (Å²) in [5.74, 6) is 1.60. The average Bonchev–Trinajstić information content (AvgIpc) is 2.91. The van der Waals surface area contributed by atoms with Gasteiger partial charge in [-0.1, -0.05) is 6.92 Å². The molecule has 1 aromatic rings. The Morgan fingerprint density at radius 1 is 1.32 bits per heavy atom. The van der Waals surface area contributed by atoms with Crippen LogP contribution in [0.15, 0.2) is 23.1 Å². The molecule has 0 spiro atoms. The highest BCUT2D eigenvalue weighted by Crippen LogP contribution is 2.35. The Hall–Kier alpha value is -1.49. The number of benzene rings is 1. The van der Waals surface area contributed by atoms with Crippen LogP contribution in [0.1, 0.15) is 43.5 Å². The number of carbonyl (C=O) groups excluding carboxylic acids is 2. The van der Waals surface area contributed by atoms with Crippen molar-refractivity contribution in [2.45, 2.75) is 44.0 Å². The Morgan fingerprint density at radius 2 is 2.14 bits per heavy atom. The second-order valence-electron chi connectivity index (χ2n) is 6.29. The molecular formula is C17H22N2O2S. The van der Waals surface area contributed by atoms with E-state index in [1.807, 2.05) is 18.2 Å². The van der Waals surface area contributed by atoms with Crippen molar-refractivity contribution >= 4 is 29.3 Å². The maximum Gasteiger partial charge on any atom is 0.251 e. The number of anilines is 1. The van der Waals surface area contributed by atoms with Crippen molar-refractivity contribution in [3.05, 3.63) is 23.8 Å². The van der Waals surface area contributed by atoms with E-state index in [0.29, 0.717) is 18.0 Å². The molecule has 1 saturated carbocycles. The lowest BCUT2D eigenvalue weighted by molar-refractivity contribution is -0.116. The van der Waals surface area contributed by atoms with Crippen molar-refractivity contribution in [3.63, 3.8) is 0 Å². The standard InChI is InChI=1S/C17H22N2O2S/c1-11-3-5-14(9-11)18-17(21)13-4-6-16-15(10-13)19(12(2)20)7-8-22-16/h4,6,10-11,14H,3,5,7-9H2,1-2H3,(H,18,21). The first kappa shape index (κ1) is 15.4. The molecule has 0 bridgehead atoms. The predicted octanol–water partition coefficient (Wildman–Crippen LogP) is 3.06. The summed E-state index contributed by atoms with van der Waals surface area (Å²) in [5, 5.41) is 3.13. The number of rotatable bonds is 2. The van der Waals surface area contributed by atoms with Crippen LogP contribution in [-0.2, 0) is 4.79 Å². The zero-order valence-electron chi connectivity index (χ0n) is 13.1. The fraction of sp³-hybridized carbons (Fsp3) is 0.529. The smallest absolute Gasteiger partial charge is 0.251 e. The van der Waals surface area contributed by atoms with Crippen molar-refractivity contribution in [1.82, 2.24) is 5.32 Å². The third kappa shape index (κ3) is 3.14. The summed E-state index contributed by atoms with van der Waals surface area (Å²) in [6, 6.07) is 5.97. The number of thioether (sulfide) groups is 1. The molecule has 2 atom stereocenters. The highest BCUT2D eigenvalue weighted by Gasteiger charge is 2.25. The van der Waals surface area contributed by atoms with Crippen LogP contribution in [0, 0.1) is 5.92 Å². The molecule has 3 rings (SSSR count). The summed E-state index contributed by atoms with van der Waals surface area (Å²) in [6.07, 6.45) is 3.31. The van der Waals surface area contributed by atoms with Gasteiger partial charge in [-0.2, -0.15) is 0 Å². The number of nitrogens with zero attached hydrogens (tertiary/aromatic N) is 1. The van der Waals surface area contributed by atoms with Crippen LogP contribution >= 0.6 is 11.8 Å². The Morgan fingerprint density at radius 3 is 2.82 bits per heavy atom.